The normalized spacial score (nSPS) is 46.3. The molecule has 166 valence electrons. The van der Waals surface area contributed by atoms with Crippen LogP contribution in [0.25, 0.3) is 0 Å². The first-order valence-electron chi connectivity index (χ1n) is 12.6. The quantitative estimate of drug-likeness (QED) is 0.723. The number of nitrogens with one attached hydrogen (secondary N) is 2. The second-order valence-corrected chi connectivity index (χ2v) is 13.4. The molecular weight excluding hydrogens is 406 g/mol. The summed E-state index contributed by atoms with van der Waals surface area (Å²) in [7, 11) is 0. The van der Waals surface area contributed by atoms with Gasteiger partial charge in [-0.1, -0.05) is 0 Å². The minimum absolute atomic E-state index is 0.00254. The number of hydrogen-bond donors (Lipinski definition) is 2. The van der Waals surface area contributed by atoms with Gasteiger partial charge in [0.25, 0.3) is 11.8 Å². The van der Waals surface area contributed by atoms with Crippen molar-refractivity contribution in [1.82, 2.24) is 15.6 Å². The first-order chi connectivity index (χ1) is 14.9. The van der Waals surface area contributed by atoms with Gasteiger partial charge in [0.15, 0.2) is 5.01 Å². The van der Waals surface area contributed by atoms with Crippen LogP contribution in [0.2, 0.25) is 0 Å². The molecule has 0 aromatic carbocycles. The van der Waals surface area contributed by atoms with E-state index in [9.17, 15) is 9.59 Å². The van der Waals surface area contributed by atoms with Gasteiger partial charge in [0.05, 0.1) is 6.20 Å². The van der Waals surface area contributed by atoms with Gasteiger partial charge in [-0.2, -0.15) is 0 Å². The maximum absolute atomic E-state index is 13.1. The molecule has 0 radical (unpaired) electrons. The van der Waals surface area contributed by atoms with E-state index in [0.717, 1.165) is 74.0 Å². The minimum Gasteiger partial charge on any atom is -0.346 e. The monoisotopic (exact) mass is 439 g/mol. The zero-order chi connectivity index (χ0) is 20.8. The van der Waals surface area contributed by atoms with Crippen LogP contribution in [-0.4, -0.2) is 27.9 Å². The smallest absolute Gasteiger partial charge is 0.280 e. The molecule has 0 unspecified atom stereocenters. The Hall–Kier alpha value is -1.43. The summed E-state index contributed by atoms with van der Waals surface area (Å²) in [4.78, 5) is 31.1. The van der Waals surface area contributed by atoms with Crippen LogP contribution in [-0.2, 0) is 0 Å². The highest BCUT2D eigenvalue weighted by molar-refractivity contribution is 7.15. The lowest BCUT2D eigenvalue weighted by Crippen LogP contribution is -2.59. The Labute approximate surface area is 188 Å². The van der Waals surface area contributed by atoms with Crippen LogP contribution in [0, 0.1) is 35.5 Å². The van der Waals surface area contributed by atoms with Crippen molar-refractivity contribution in [2.75, 3.05) is 0 Å². The molecule has 0 aliphatic heterocycles. The number of thiazole rings is 1. The number of aromatic nitrogens is 1. The molecule has 2 amide bonds. The highest BCUT2D eigenvalue weighted by Crippen LogP contribution is 2.56. The summed E-state index contributed by atoms with van der Waals surface area (Å²) in [5.41, 5.74) is -0.0173. The summed E-state index contributed by atoms with van der Waals surface area (Å²) in [5, 5.41) is 7.27. The topological polar surface area (TPSA) is 71.1 Å². The summed E-state index contributed by atoms with van der Waals surface area (Å²) >= 11 is 1.27. The van der Waals surface area contributed by atoms with E-state index in [1.54, 1.807) is 6.20 Å². The maximum Gasteiger partial charge on any atom is 0.280 e. The number of carbonyl (C=O) groups excluding carboxylic acids is 2. The lowest BCUT2D eigenvalue weighted by Gasteiger charge is -2.56. The van der Waals surface area contributed by atoms with E-state index in [1.165, 1.54) is 49.9 Å². The molecule has 2 N–H and O–H groups in total. The first kappa shape index (κ1) is 19.1. The fourth-order valence-electron chi connectivity index (χ4n) is 9.61. The molecular formula is C25H33N3O2S. The zero-order valence-electron chi connectivity index (χ0n) is 18.2. The molecule has 8 bridgehead atoms. The van der Waals surface area contributed by atoms with Crippen LogP contribution in [0.5, 0.6) is 0 Å². The lowest BCUT2D eigenvalue weighted by atomic mass is 9.53. The van der Waals surface area contributed by atoms with E-state index in [2.05, 4.69) is 15.6 Å². The largest absolute Gasteiger partial charge is 0.346 e. The van der Waals surface area contributed by atoms with Gasteiger partial charge in [0.1, 0.15) is 4.88 Å². The van der Waals surface area contributed by atoms with Crippen LogP contribution in [0.3, 0.4) is 0 Å². The van der Waals surface area contributed by atoms with Crippen molar-refractivity contribution in [2.45, 2.75) is 88.1 Å². The average molecular weight is 440 g/mol. The molecule has 9 rings (SSSR count). The van der Waals surface area contributed by atoms with Crippen molar-refractivity contribution in [3.63, 3.8) is 0 Å². The average Bonchev–Trinajstić information content (AvgIpc) is 3.15. The number of hydrogen-bond acceptors (Lipinski definition) is 4. The Balaban J connectivity index is 1.04. The third kappa shape index (κ3) is 3.19. The molecule has 1 aromatic heterocycles. The molecule has 6 heteroatoms. The summed E-state index contributed by atoms with van der Waals surface area (Å²) in [6.07, 6.45) is 16.6. The molecule has 5 nitrogen and oxygen atoms in total. The molecule has 8 saturated carbocycles. The van der Waals surface area contributed by atoms with Gasteiger partial charge in [0.2, 0.25) is 0 Å². The van der Waals surface area contributed by atoms with Crippen molar-refractivity contribution in [2.24, 2.45) is 35.5 Å². The third-order valence-electron chi connectivity index (χ3n) is 9.76. The maximum atomic E-state index is 13.1. The summed E-state index contributed by atoms with van der Waals surface area (Å²) in [6.45, 7) is 0. The molecule has 8 fully saturated rings. The van der Waals surface area contributed by atoms with E-state index < -0.39 is 0 Å². The molecule has 8 aliphatic carbocycles. The van der Waals surface area contributed by atoms with Gasteiger partial charge < -0.3 is 10.6 Å². The van der Waals surface area contributed by atoms with E-state index in [1.807, 2.05) is 0 Å². The fourth-order valence-corrected chi connectivity index (χ4v) is 10.3. The summed E-state index contributed by atoms with van der Waals surface area (Å²) in [5.74, 6) is 4.70. The second kappa shape index (κ2) is 6.55. The molecule has 0 spiro atoms. The lowest BCUT2D eigenvalue weighted by molar-refractivity contribution is -0.0170. The number of nitrogens with zero attached hydrogens (tertiary/aromatic N) is 1. The van der Waals surface area contributed by atoms with Crippen molar-refractivity contribution in [1.29, 1.82) is 0 Å². The molecule has 1 aromatic rings. The van der Waals surface area contributed by atoms with E-state index >= 15 is 0 Å². The van der Waals surface area contributed by atoms with Crippen molar-refractivity contribution >= 4 is 23.2 Å². The molecule has 31 heavy (non-hydrogen) atoms. The van der Waals surface area contributed by atoms with Crippen molar-refractivity contribution in [3.8, 4) is 0 Å². The van der Waals surface area contributed by atoms with Crippen LogP contribution in [0.4, 0.5) is 0 Å². The van der Waals surface area contributed by atoms with Crippen LogP contribution < -0.4 is 10.6 Å². The van der Waals surface area contributed by atoms with Gasteiger partial charge >= 0.3 is 0 Å². The van der Waals surface area contributed by atoms with Crippen LogP contribution >= 0.6 is 11.3 Å². The SMILES string of the molecule is O=C(NC12CC3CC(CC(C3)C1)C2)c1cnc(C(=O)NC23CC4CC(CC(C4)C2)C3)s1. The molecule has 8 aliphatic rings. The van der Waals surface area contributed by atoms with Gasteiger partial charge in [-0.25, -0.2) is 4.98 Å². The Morgan fingerprint density at radius 1 is 0.710 bits per heavy atom. The van der Waals surface area contributed by atoms with Gasteiger partial charge in [0, 0.05) is 11.1 Å². The Morgan fingerprint density at radius 3 is 1.52 bits per heavy atom. The van der Waals surface area contributed by atoms with Gasteiger partial charge in [-0.05, 0) is 113 Å². The number of amides is 2. The Bertz CT molecular complexity index is 794. The summed E-state index contributed by atoms with van der Waals surface area (Å²) in [6, 6.07) is 0. The van der Waals surface area contributed by atoms with Gasteiger partial charge in [-0.3, -0.25) is 9.59 Å². The van der Waals surface area contributed by atoms with Crippen LogP contribution in [0.1, 0.15) is 96.5 Å². The number of rotatable bonds is 4. The fraction of sp³-hybridized carbons (Fsp3) is 0.800. The van der Waals surface area contributed by atoms with Crippen molar-refractivity contribution < 1.29 is 9.59 Å². The standard InChI is InChI=1S/C25H33N3O2S/c29-21(27-24-7-14-1-15(8-24)3-16(2-14)9-24)20-13-26-23(31-20)22(30)28-25-10-17-4-18(11-25)6-19(5-17)12-25/h13-19H,1-12H2,(H,27,29)(H,28,30). The Morgan fingerprint density at radius 2 is 1.10 bits per heavy atom. The second-order valence-electron chi connectivity index (χ2n) is 12.3. The van der Waals surface area contributed by atoms with Crippen molar-refractivity contribution in [3.05, 3.63) is 16.1 Å². The predicted molar refractivity (Wildman–Crippen MR) is 119 cm³/mol. The van der Waals surface area contributed by atoms with E-state index in [4.69, 9.17) is 0 Å². The van der Waals surface area contributed by atoms with E-state index in [0.29, 0.717) is 9.88 Å². The molecule has 0 saturated heterocycles. The number of carbonyl (C=O) groups is 2. The van der Waals surface area contributed by atoms with Crippen LogP contribution in [0.15, 0.2) is 6.20 Å². The molecule has 1 heterocycles. The Kier molecular flexibility index (Phi) is 4.03. The zero-order valence-corrected chi connectivity index (χ0v) is 19.0. The minimum atomic E-state index is -0.0687. The highest BCUT2D eigenvalue weighted by atomic mass is 32.1. The van der Waals surface area contributed by atoms with Gasteiger partial charge in [-0.15, -0.1) is 11.3 Å². The van der Waals surface area contributed by atoms with E-state index in [-0.39, 0.29) is 22.9 Å². The third-order valence-corrected chi connectivity index (χ3v) is 10.8. The molecule has 0 atom stereocenters. The first-order valence-corrected chi connectivity index (χ1v) is 13.4. The summed E-state index contributed by atoms with van der Waals surface area (Å²) < 4.78 is 0. The highest BCUT2D eigenvalue weighted by Gasteiger charge is 2.53. The predicted octanol–water partition coefficient (Wildman–Crippen LogP) is 4.54.